The standard InChI is InChI=1S/C10H15F3N2/c1-15(7-5-10(11,12)13)8-9(2-3-9)4-6-14/h2-5,7-8H2,1H3. The van der Waals surface area contributed by atoms with Gasteiger partial charge in [-0.25, -0.2) is 0 Å². The van der Waals surface area contributed by atoms with Crippen LogP contribution in [0.15, 0.2) is 0 Å². The lowest BCUT2D eigenvalue weighted by atomic mass is 10.0. The van der Waals surface area contributed by atoms with Crippen LogP contribution in [-0.4, -0.2) is 31.2 Å². The maximum atomic E-state index is 11.9. The van der Waals surface area contributed by atoms with Crippen molar-refractivity contribution >= 4 is 0 Å². The van der Waals surface area contributed by atoms with Gasteiger partial charge >= 0.3 is 6.18 Å². The van der Waals surface area contributed by atoms with E-state index in [0.717, 1.165) is 12.8 Å². The predicted octanol–water partition coefficient (Wildman–Crippen LogP) is 2.56. The van der Waals surface area contributed by atoms with Gasteiger partial charge in [0, 0.05) is 19.5 Å². The highest BCUT2D eigenvalue weighted by molar-refractivity contribution is 5.00. The molecule has 0 aromatic carbocycles. The van der Waals surface area contributed by atoms with Gasteiger partial charge in [-0.3, -0.25) is 0 Å². The van der Waals surface area contributed by atoms with Crippen LogP contribution in [0.25, 0.3) is 0 Å². The van der Waals surface area contributed by atoms with E-state index in [4.69, 9.17) is 5.26 Å². The summed E-state index contributed by atoms with van der Waals surface area (Å²) >= 11 is 0. The fraction of sp³-hybridized carbons (Fsp3) is 0.900. The van der Waals surface area contributed by atoms with Crippen molar-refractivity contribution in [2.45, 2.75) is 31.9 Å². The molecule has 1 rings (SSSR count). The largest absolute Gasteiger partial charge is 0.390 e. The molecule has 0 unspecified atom stereocenters. The number of nitriles is 1. The smallest absolute Gasteiger partial charge is 0.305 e. The van der Waals surface area contributed by atoms with Crippen molar-refractivity contribution in [3.05, 3.63) is 0 Å². The Morgan fingerprint density at radius 1 is 1.40 bits per heavy atom. The highest BCUT2D eigenvalue weighted by Gasteiger charge is 2.43. The third kappa shape index (κ3) is 4.52. The molecule has 0 heterocycles. The van der Waals surface area contributed by atoms with Gasteiger partial charge in [-0.15, -0.1) is 0 Å². The molecule has 0 spiro atoms. The number of hydrogen-bond donors (Lipinski definition) is 0. The van der Waals surface area contributed by atoms with Crippen molar-refractivity contribution in [1.82, 2.24) is 4.90 Å². The molecule has 0 atom stereocenters. The predicted molar refractivity (Wildman–Crippen MR) is 50.1 cm³/mol. The normalized spacial score (nSPS) is 18.9. The van der Waals surface area contributed by atoms with Gasteiger partial charge in [-0.05, 0) is 25.3 Å². The van der Waals surface area contributed by atoms with Crippen LogP contribution in [0.4, 0.5) is 13.2 Å². The van der Waals surface area contributed by atoms with Crippen LogP contribution >= 0.6 is 0 Å². The minimum atomic E-state index is -4.08. The first-order chi connectivity index (χ1) is 6.87. The molecule has 0 aromatic rings. The van der Waals surface area contributed by atoms with Crippen LogP contribution < -0.4 is 0 Å². The summed E-state index contributed by atoms with van der Waals surface area (Å²) in [7, 11) is 1.68. The first kappa shape index (κ1) is 12.3. The van der Waals surface area contributed by atoms with Crippen LogP contribution in [0.1, 0.15) is 25.7 Å². The van der Waals surface area contributed by atoms with Crippen molar-refractivity contribution in [2.75, 3.05) is 20.1 Å². The Bertz CT molecular complexity index is 250. The molecule has 15 heavy (non-hydrogen) atoms. The van der Waals surface area contributed by atoms with Gasteiger partial charge in [0.15, 0.2) is 0 Å². The van der Waals surface area contributed by atoms with E-state index in [-0.39, 0.29) is 12.0 Å². The number of nitrogens with zero attached hydrogens (tertiary/aromatic N) is 2. The zero-order valence-electron chi connectivity index (χ0n) is 8.77. The Labute approximate surface area is 87.7 Å². The third-order valence-electron chi connectivity index (χ3n) is 2.79. The lowest BCUT2D eigenvalue weighted by molar-refractivity contribution is -0.137. The highest BCUT2D eigenvalue weighted by Crippen LogP contribution is 2.48. The number of rotatable bonds is 5. The fourth-order valence-corrected chi connectivity index (χ4v) is 1.70. The van der Waals surface area contributed by atoms with E-state index < -0.39 is 12.6 Å². The van der Waals surface area contributed by atoms with Crippen molar-refractivity contribution in [3.63, 3.8) is 0 Å². The summed E-state index contributed by atoms with van der Waals surface area (Å²) in [5, 5.41) is 8.57. The molecule has 0 saturated heterocycles. The zero-order valence-corrected chi connectivity index (χ0v) is 8.77. The second-order valence-electron chi connectivity index (χ2n) is 4.44. The summed E-state index contributed by atoms with van der Waals surface area (Å²) in [6.07, 6.45) is -2.45. The SMILES string of the molecule is CN(CCC(F)(F)F)CC1(CC#N)CC1. The maximum Gasteiger partial charge on any atom is 0.390 e. The van der Waals surface area contributed by atoms with Gasteiger partial charge < -0.3 is 4.90 Å². The Hall–Kier alpha value is -0.760. The first-order valence-electron chi connectivity index (χ1n) is 4.99. The van der Waals surface area contributed by atoms with Gasteiger partial charge in [0.25, 0.3) is 0 Å². The molecule has 0 aliphatic heterocycles. The molecular weight excluding hydrogens is 205 g/mol. The van der Waals surface area contributed by atoms with Gasteiger partial charge in [0.1, 0.15) is 0 Å². The molecule has 5 heteroatoms. The highest BCUT2D eigenvalue weighted by atomic mass is 19.4. The van der Waals surface area contributed by atoms with Gasteiger partial charge in [0.05, 0.1) is 12.5 Å². The van der Waals surface area contributed by atoms with Crippen molar-refractivity contribution in [2.24, 2.45) is 5.41 Å². The second kappa shape index (κ2) is 4.40. The molecule has 1 aliphatic rings. The van der Waals surface area contributed by atoms with Gasteiger partial charge in [-0.1, -0.05) is 0 Å². The molecule has 0 aromatic heterocycles. The minimum absolute atomic E-state index is 0.00486. The van der Waals surface area contributed by atoms with Gasteiger partial charge in [-0.2, -0.15) is 18.4 Å². The van der Waals surface area contributed by atoms with Crippen LogP contribution in [0.5, 0.6) is 0 Å². The Morgan fingerprint density at radius 2 is 2.00 bits per heavy atom. The Balaban J connectivity index is 2.25. The van der Waals surface area contributed by atoms with Crippen LogP contribution in [0.3, 0.4) is 0 Å². The van der Waals surface area contributed by atoms with E-state index in [1.54, 1.807) is 11.9 Å². The molecule has 86 valence electrons. The molecule has 0 N–H and O–H groups in total. The van der Waals surface area contributed by atoms with Crippen LogP contribution in [0, 0.1) is 16.7 Å². The van der Waals surface area contributed by atoms with Crippen molar-refractivity contribution < 1.29 is 13.2 Å². The number of halogens is 3. The molecular formula is C10H15F3N2. The van der Waals surface area contributed by atoms with E-state index in [9.17, 15) is 13.2 Å². The summed E-state index contributed by atoms with van der Waals surface area (Å²) in [5.41, 5.74) is -0.00486. The topological polar surface area (TPSA) is 27.0 Å². The van der Waals surface area contributed by atoms with Crippen molar-refractivity contribution in [1.29, 1.82) is 5.26 Å². The average Bonchev–Trinajstić information content (AvgIpc) is 2.81. The summed E-state index contributed by atoms with van der Waals surface area (Å²) in [5.74, 6) is 0. The maximum absolute atomic E-state index is 11.9. The monoisotopic (exact) mass is 220 g/mol. The lowest BCUT2D eigenvalue weighted by Gasteiger charge is -2.22. The summed E-state index contributed by atoms with van der Waals surface area (Å²) in [4.78, 5) is 1.68. The van der Waals surface area contributed by atoms with E-state index >= 15 is 0 Å². The van der Waals surface area contributed by atoms with E-state index in [1.807, 2.05) is 0 Å². The van der Waals surface area contributed by atoms with E-state index in [2.05, 4.69) is 6.07 Å². The number of hydrogen-bond acceptors (Lipinski definition) is 2. The molecule has 0 amide bonds. The average molecular weight is 220 g/mol. The van der Waals surface area contributed by atoms with Gasteiger partial charge in [0.2, 0.25) is 0 Å². The first-order valence-corrected chi connectivity index (χ1v) is 4.99. The fourth-order valence-electron chi connectivity index (χ4n) is 1.70. The van der Waals surface area contributed by atoms with E-state index in [1.165, 1.54) is 0 Å². The third-order valence-corrected chi connectivity index (χ3v) is 2.79. The molecule has 1 fully saturated rings. The summed E-state index contributed by atoms with van der Waals surface area (Å²) in [6.45, 7) is 0.632. The Kier molecular flexibility index (Phi) is 3.61. The zero-order chi connectivity index (χ0) is 11.5. The molecule has 0 radical (unpaired) electrons. The number of alkyl halides is 3. The van der Waals surface area contributed by atoms with Crippen LogP contribution in [-0.2, 0) is 0 Å². The summed E-state index contributed by atoms with van der Waals surface area (Å²) < 4.78 is 35.8. The van der Waals surface area contributed by atoms with Crippen LogP contribution in [0.2, 0.25) is 0 Å². The molecule has 1 aliphatic carbocycles. The molecule has 2 nitrogen and oxygen atoms in total. The van der Waals surface area contributed by atoms with Crippen molar-refractivity contribution in [3.8, 4) is 6.07 Å². The quantitative estimate of drug-likeness (QED) is 0.712. The minimum Gasteiger partial charge on any atom is -0.305 e. The Morgan fingerprint density at radius 3 is 2.40 bits per heavy atom. The lowest BCUT2D eigenvalue weighted by Crippen LogP contribution is -2.30. The summed E-state index contributed by atoms with van der Waals surface area (Å²) in [6, 6.07) is 2.10. The second-order valence-corrected chi connectivity index (χ2v) is 4.44. The molecule has 1 saturated carbocycles. The molecule has 0 bridgehead atoms. The van der Waals surface area contributed by atoms with E-state index in [0.29, 0.717) is 13.0 Å².